The number of ether oxygens (including phenoxy) is 1. The van der Waals surface area contributed by atoms with E-state index in [0.717, 1.165) is 44.5 Å². The highest BCUT2D eigenvalue weighted by molar-refractivity contribution is 5.85. The summed E-state index contributed by atoms with van der Waals surface area (Å²) < 4.78 is 5.53. The van der Waals surface area contributed by atoms with Crippen molar-refractivity contribution in [3.63, 3.8) is 0 Å². The topological polar surface area (TPSA) is 29.5 Å². The minimum atomic E-state index is -0.522. The summed E-state index contributed by atoms with van der Waals surface area (Å²) in [6.07, 6.45) is 2.67. The van der Waals surface area contributed by atoms with Crippen molar-refractivity contribution in [2.24, 2.45) is 0 Å². The molecule has 33 heavy (non-hydrogen) atoms. The first-order valence-electron chi connectivity index (χ1n) is 11.8. The minimum absolute atomic E-state index is 0. The Kier molecular flexibility index (Phi) is 9.11. The molecule has 3 aromatic rings. The van der Waals surface area contributed by atoms with Gasteiger partial charge in [0.2, 0.25) is 0 Å². The molecule has 0 saturated carbocycles. The maximum atomic E-state index is 13.0. The number of carbonyl (C=O) groups is 1. The molecule has 1 aliphatic heterocycles. The molecule has 0 radical (unpaired) electrons. The van der Waals surface area contributed by atoms with Crippen LogP contribution in [0.4, 0.5) is 0 Å². The van der Waals surface area contributed by atoms with Gasteiger partial charge in [-0.05, 0) is 62.5 Å². The quantitative estimate of drug-likeness (QED) is 0.371. The number of hydrogen-bond acceptors (Lipinski definition) is 3. The van der Waals surface area contributed by atoms with Crippen LogP contribution in [0.5, 0.6) is 0 Å². The van der Waals surface area contributed by atoms with Crippen molar-refractivity contribution in [2.75, 3.05) is 26.2 Å². The summed E-state index contributed by atoms with van der Waals surface area (Å²) in [7, 11) is 0. The van der Waals surface area contributed by atoms with Crippen LogP contribution in [0.15, 0.2) is 91.0 Å². The molecular weight excluding hydrogens is 430 g/mol. The van der Waals surface area contributed by atoms with Crippen LogP contribution in [-0.4, -0.2) is 37.1 Å². The second-order valence-electron chi connectivity index (χ2n) is 8.67. The Morgan fingerprint density at radius 1 is 0.848 bits per heavy atom. The first kappa shape index (κ1) is 25.0. The third-order valence-electron chi connectivity index (χ3n) is 6.84. The van der Waals surface area contributed by atoms with Crippen LogP contribution in [-0.2, 0) is 14.9 Å². The number of rotatable bonds is 8. The standard InChI is InChI=1S/C29H33NO2.ClH/c1-2-32-28(31)29(26-16-10-5-11-17-26)19-22-30(23-20-29)21-18-27(24-12-6-3-7-13-24)25-14-8-4-9-15-25;/h3-17,27H,2,18-23H2,1H3;1H. The molecular formula is C29H34ClNO2. The van der Waals surface area contributed by atoms with Gasteiger partial charge in [0.05, 0.1) is 12.0 Å². The number of hydrogen-bond donors (Lipinski definition) is 0. The lowest BCUT2D eigenvalue weighted by molar-refractivity contribution is -0.152. The van der Waals surface area contributed by atoms with E-state index in [1.165, 1.54) is 11.1 Å². The molecule has 0 bridgehead atoms. The lowest BCUT2D eigenvalue weighted by Crippen LogP contribution is -2.48. The Labute approximate surface area is 204 Å². The van der Waals surface area contributed by atoms with E-state index in [4.69, 9.17) is 4.74 Å². The second-order valence-corrected chi connectivity index (χ2v) is 8.67. The summed E-state index contributed by atoms with van der Waals surface area (Å²) in [4.78, 5) is 15.5. The highest BCUT2D eigenvalue weighted by Crippen LogP contribution is 2.37. The summed E-state index contributed by atoms with van der Waals surface area (Å²) in [5.74, 6) is 0.306. The number of nitrogens with zero attached hydrogens (tertiary/aromatic N) is 1. The van der Waals surface area contributed by atoms with Crippen molar-refractivity contribution in [3.8, 4) is 0 Å². The molecule has 1 saturated heterocycles. The lowest BCUT2D eigenvalue weighted by Gasteiger charge is -2.40. The van der Waals surface area contributed by atoms with Crippen molar-refractivity contribution in [1.29, 1.82) is 0 Å². The Morgan fingerprint density at radius 3 is 1.82 bits per heavy atom. The van der Waals surface area contributed by atoms with Gasteiger partial charge in [0, 0.05) is 5.92 Å². The molecule has 174 valence electrons. The van der Waals surface area contributed by atoms with Gasteiger partial charge in [0.15, 0.2) is 0 Å². The van der Waals surface area contributed by atoms with Crippen LogP contribution in [0.2, 0.25) is 0 Å². The largest absolute Gasteiger partial charge is 0.465 e. The molecule has 0 aliphatic carbocycles. The van der Waals surface area contributed by atoms with Gasteiger partial charge in [-0.1, -0.05) is 91.0 Å². The fraction of sp³-hybridized carbons (Fsp3) is 0.345. The molecule has 1 heterocycles. The average Bonchev–Trinajstić information content (AvgIpc) is 2.86. The van der Waals surface area contributed by atoms with Crippen LogP contribution in [0, 0.1) is 0 Å². The third kappa shape index (κ3) is 5.85. The Hall–Kier alpha value is -2.62. The fourth-order valence-electron chi connectivity index (χ4n) is 5.00. The highest BCUT2D eigenvalue weighted by Gasteiger charge is 2.44. The van der Waals surface area contributed by atoms with Crippen LogP contribution in [0.25, 0.3) is 0 Å². The van der Waals surface area contributed by atoms with E-state index >= 15 is 0 Å². The summed E-state index contributed by atoms with van der Waals surface area (Å²) in [5, 5.41) is 0. The van der Waals surface area contributed by atoms with E-state index in [9.17, 15) is 4.79 Å². The van der Waals surface area contributed by atoms with Crippen molar-refractivity contribution in [1.82, 2.24) is 4.90 Å². The number of piperidine rings is 1. The minimum Gasteiger partial charge on any atom is -0.465 e. The van der Waals surface area contributed by atoms with Gasteiger partial charge in [-0.3, -0.25) is 4.79 Å². The maximum absolute atomic E-state index is 13.0. The SMILES string of the molecule is CCOC(=O)C1(c2ccccc2)CCN(CCC(c2ccccc2)c2ccccc2)CC1.Cl. The first-order valence-corrected chi connectivity index (χ1v) is 11.8. The zero-order valence-corrected chi connectivity index (χ0v) is 20.2. The van der Waals surface area contributed by atoms with Gasteiger partial charge in [-0.2, -0.15) is 0 Å². The Balaban J connectivity index is 0.00000306. The first-order chi connectivity index (χ1) is 15.7. The molecule has 1 aliphatic rings. The normalized spacial score (nSPS) is 15.6. The number of benzene rings is 3. The Morgan fingerprint density at radius 2 is 1.33 bits per heavy atom. The molecule has 0 aromatic heterocycles. The monoisotopic (exact) mass is 463 g/mol. The summed E-state index contributed by atoms with van der Waals surface area (Å²) in [5.41, 5.74) is 3.29. The summed E-state index contributed by atoms with van der Waals surface area (Å²) in [6.45, 7) is 5.14. The molecule has 0 atom stereocenters. The van der Waals surface area contributed by atoms with Crippen LogP contribution in [0.3, 0.4) is 0 Å². The molecule has 1 fully saturated rings. The zero-order chi connectivity index (χ0) is 22.2. The molecule has 4 heteroatoms. The van der Waals surface area contributed by atoms with Crippen molar-refractivity contribution < 1.29 is 9.53 Å². The Bertz CT molecular complexity index is 931. The highest BCUT2D eigenvalue weighted by atomic mass is 35.5. The van der Waals surface area contributed by atoms with Gasteiger partial charge < -0.3 is 9.64 Å². The van der Waals surface area contributed by atoms with Crippen molar-refractivity contribution >= 4 is 18.4 Å². The molecule has 0 unspecified atom stereocenters. The van der Waals surface area contributed by atoms with Gasteiger partial charge in [0.25, 0.3) is 0 Å². The third-order valence-corrected chi connectivity index (χ3v) is 6.84. The maximum Gasteiger partial charge on any atom is 0.316 e. The molecule has 3 aromatic carbocycles. The van der Waals surface area contributed by atoms with E-state index in [1.54, 1.807) is 0 Å². The molecule has 4 rings (SSSR count). The van der Waals surface area contributed by atoms with Crippen LogP contribution < -0.4 is 0 Å². The molecule has 3 nitrogen and oxygen atoms in total. The van der Waals surface area contributed by atoms with Gasteiger partial charge in [0.1, 0.15) is 0 Å². The molecule has 0 amide bonds. The molecule has 0 N–H and O–H groups in total. The van der Waals surface area contributed by atoms with Gasteiger partial charge >= 0.3 is 5.97 Å². The van der Waals surface area contributed by atoms with Crippen molar-refractivity contribution in [3.05, 3.63) is 108 Å². The summed E-state index contributed by atoms with van der Waals surface area (Å²) in [6, 6.07) is 31.8. The van der Waals surface area contributed by atoms with Gasteiger partial charge in [-0.15, -0.1) is 12.4 Å². The lowest BCUT2D eigenvalue weighted by atomic mass is 9.72. The van der Waals surface area contributed by atoms with E-state index in [-0.39, 0.29) is 18.4 Å². The second kappa shape index (κ2) is 12.0. The zero-order valence-electron chi connectivity index (χ0n) is 19.4. The van der Waals surface area contributed by atoms with E-state index < -0.39 is 5.41 Å². The number of carbonyl (C=O) groups excluding carboxylic acids is 1. The van der Waals surface area contributed by atoms with Gasteiger partial charge in [-0.25, -0.2) is 0 Å². The number of likely N-dealkylation sites (tertiary alicyclic amines) is 1. The van der Waals surface area contributed by atoms with E-state index in [1.807, 2.05) is 25.1 Å². The van der Waals surface area contributed by atoms with E-state index in [2.05, 4.69) is 77.7 Å². The number of esters is 1. The fourth-order valence-corrected chi connectivity index (χ4v) is 5.00. The predicted octanol–water partition coefficient (Wildman–Crippen LogP) is 6.23. The van der Waals surface area contributed by atoms with Crippen molar-refractivity contribution in [2.45, 2.75) is 37.5 Å². The number of halogens is 1. The van der Waals surface area contributed by atoms with Crippen LogP contribution in [0.1, 0.15) is 48.8 Å². The smallest absolute Gasteiger partial charge is 0.316 e. The predicted molar refractivity (Wildman–Crippen MR) is 137 cm³/mol. The van der Waals surface area contributed by atoms with E-state index in [0.29, 0.717) is 12.5 Å². The summed E-state index contributed by atoms with van der Waals surface area (Å²) >= 11 is 0. The van der Waals surface area contributed by atoms with Crippen LogP contribution >= 0.6 is 12.4 Å². The average molecular weight is 464 g/mol. The molecule has 0 spiro atoms.